The third kappa shape index (κ3) is 2.59. The van der Waals surface area contributed by atoms with E-state index in [1.165, 1.54) is 11.8 Å². The molecule has 0 saturated heterocycles. The summed E-state index contributed by atoms with van der Waals surface area (Å²) in [6, 6.07) is 1.95. The molecule has 0 aliphatic heterocycles. The number of aromatic nitrogens is 5. The molecule has 0 fully saturated rings. The standard InChI is InChI=1S/C16H17N5OS2/c1-16(2)6-9-12(11(22)7-16)14(24-15-20-18-8-21(15)3)23-13(9)10-4-5-17-19-10/h4-5,8H,6-7H2,1-3H3,(H,17,19). The average molecular weight is 359 g/mol. The number of hydrogen-bond donors (Lipinski definition) is 1. The average Bonchev–Trinajstić information content (AvgIpc) is 3.19. The van der Waals surface area contributed by atoms with Gasteiger partial charge < -0.3 is 4.57 Å². The van der Waals surface area contributed by atoms with Gasteiger partial charge in [0.25, 0.3) is 0 Å². The van der Waals surface area contributed by atoms with Gasteiger partial charge in [-0.2, -0.15) is 5.10 Å². The van der Waals surface area contributed by atoms with E-state index in [-0.39, 0.29) is 11.2 Å². The molecular weight excluding hydrogens is 342 g/mol. The summed E-state index contributed by atoms with van der Waals surface area (Å²) < 4.78 is 2.85. The van der Waals surface area contributed by atoms with Gasteiger partial charge in [0.2, 0.25) is 0 Å². The molecule has 1 N–H and O–H groups in total. The number of nitrogens with one attached hydrogen (secondary N) is 1. The number of aryl methyl sites for hydroxylation is 1. The number of aromatic amines is 1. The Labute approximate surface area is 147 Å². The monoisotopic (exact) mass is 359 g/mol. The Bertz CT molecular complexity index is 907. The summed E-state index contributed by atoms with van der Waals surface area (Å²) in [4.78, 5) is 13.9. The fourth-order valence-electron chi connectivity index (χ4n) is 3.07. The lowest BCUT2D eigenvalue weighted by molar-refractivity contribution is 0.0910. The number of thiophene rings is 1. The summed E-state index contributed by atoms with van der Waals surface area (Å²) in [6.07, 6.45) is 4.93. The van der Waals surface area contributed by atoms with E-state index in [2.05, 4.69) is 34.2 Å². The van der Waals surface area contributed by atoms with Crippen molar-refractivity contribution >= 4 is 28.9 Å². The van der Waals surface area contributed by atoms with Gasteiger partial charge in [0.05, 0.1) is 9.09 Å². The normalized spacial score (nSPS) is 16.4. The first kappa shape index (κ1) is 15.6. The highest BCUT2D eigenvalue weighted by Crippen LogP contribution is 2.49. The maximum absolute atomic E-state index is 12.8. The molecular formula is C16H17N5OS2. The number of rotatable bonds is 3. The van der Waals surface area contributed by atoms with Gasteiger partial charge in [0.1, 0.15) is 12.0 Å². The number of nitrogens with zero attached hydrogens (tertiary/aromatic N) is 4. The Balaban J connectivity index is 1.86. The summed E-state index contributed by atoms with van der Waals surface area (Å²) >= 11 is 3.13. The van der Waals surface area contributed by atoms with Crippen molar-refractivity contribution in [3.8, 4) is 10.6 Å². The van der Waals surface area contributed by atoms with Crippen molar-refractivity contribution in [1.82, 2.24) is 25.0 Å². The number of carbonyl (C=O) groups excluding carboxylic acids is 1. The molecule has 3 aromatic rings. The highest BCUT2D eigenvalue weighted by molar-refractivity contribution is 8.01. The lowest BCUT2D eigenvalue weighted by atomic mass is 9.74. The second-order valence-electron chi connectivity index (χ2n) is 6.80. The first-order chi connectivity index (χ1) is 11.4. The predicted octanol–water partition coefficient (Wildman–Crippen LogP) is 3.57. The summed E-state index contributed by atoms with van der Waals surface area (Å²) in [5, 5.41) is 16.0. The van der Waals surface area contributed by atoms with Crippen LogP contribution < -0.4 is 0 Å². The van der Waals surface area contributed by atoms with Gasteiger partial charge >= 0.3 is 0 Å². The van der Waals surface area contributed by atoms with Gasteiger partial charge in [-0.1, -0.05) is 13.8 Å². The van der Waals surface area contributed by atoms with Gasteiger partial charge in [-0.25, -0.2) is 0 Å². The molecule has 0 unspecified atom stereocenters. The molecule has 8 heteroatoms. The maximum atomic E-state index is 12.8. The van der Waals surface area contributed by atoms with Gasteiger partial charge in [0.15, 0.2) is 10.9 Å². The summed E-state index contributed by atoms with van der Waals surface area (Å²) in [7, 11) is 1.90. The quantitative estimate of drug-likeness (QED) is 0.773. The lowest BCUT2D eigenvalue weighted by Crippen LogP contribution is -2.26. The van der Waals surface area contributed by atoms with E-state index in [9.17, 15) is 4.79 Å². The number of ketones is 1. The third-order valence-corrected chi connectivity index (χ3v) is 6.63. The second kappa shape index (κ2) is 5.56. The topological polar surface area (TPSA) is 76.5 Å². The van der Waals surface area contributed by atoms with Gasteiger partial charge in [-0.05, 0) is 35.2 Å². The first-order valence-corrected chi connectivity index (χ1v) is 9.29. The van der Waals surface area contributed by atoms with E-state index in [1.54, 1.807) is 17.7 Å². The molecule has 24 heavy (non-hydrogen) atoms. The van der Waals surface area contributed by atoms with Crippen LogP contribution in [0.15, 0.2) is 28.0 Å². The maximum Gasteiger partial charge on any atom is 0.196 e. The predicted molar refractivity (Wildman–Crippen MR) is 93.5 cm³/mol. The molecule has 0 aromatic carbocycles. The molecule has 0 saturated carbocycles. The molecule has 3 heterocycles. The summed E-state index contributed by atoms with van der Waals surface area (Å²) in [6.45, 7) is 4.30. The Morgan fingerprint density at radius 1 is 1.38 bits per heavy atom. The first-order valence-electron chi connectivity index (χ1n) is 7.65. The second-order valence-corrected chi connectivity index (χ2v) is 9.06. The van der Waals surface area contributed by atoms with Crippen LogP contribution in [0.25, 0.3) is 10.6 Å². The fourth-order valence-corrected chi connectivity index (χ4v) is 5.53. The number of Topliss-reactive ketones (excluding diaryl/α,β-unsaturated/α-hetero) is 1. The lowest BCUT2D eigenvalue weighted by Gasteiger charge is -2.29. The SMILES string of the molecule is Cn1cnnc1Sc1sc(-c2cc[nH]n2)c2c1C(=O)CC(C)(C)C2. The van der Waals surface area contributed by atoms with E-state index in [4.69, 9.17) is 0 Å². The molecule has 124 valence electrons. The molecule has 4 rings (SSSR count). The molecule has 1 aliphatic carbocycles. The highest BCUT2D eigenvalue weighted by Gasteiger charge is 2.37. The van der Waals surface area contributed by atoms with Crippen molar-refractivity contribution < 1.29 is 4.79 Å². The summed E-state index contributed by atoms with van der Waals surface area (Å²) in [5.41, 5.74) is 2.85. The van der Waals surface area contributed by atoms with Gasteiger partial charge in [-0.15, -0.1) is 21.5 Å². The Morgan fingerprint density at radius 3 is 2.88 bits per heavy atom. The number of carbonyl (C=O) groups is 1. The van der Waals surface area contributed by atoms with Crippen molar-refractivity contribution in [3.63, 3.8) is 0 Å². The minimum atomic E-state index is -0.0249. The van der Waals surface area contributed by atoms with Crippen LogP contribution in [0, 0.1) is 5.41 Å². The Kier molecular flexibility index (Phi) is 3.61. The molecule has 0 atom stereocenters. The van der Waals surface area contributed by atoms with Crippen LogP contribution in [-0.2, 0) is 13.5 Å². The van der Waals surface area contributed by atoms with Crippen molar-refractivity contribution in [3.05, 3.63) is 29.7 Å². The molecule has 0 bridgehead atoms. The van der Waals surface area contributed by atoms with Crippen molar-refractivity contribution in [2.45, 2.75) is 36.1 Å². The smallest absolute Gasteiger partial charge is 0.196 e. The molecule has 3 aromatic heterocycles. The van der Waals surface area contributed by atoms with Crippen LogP contribution in [0.3, 0.4) is 0 Å². The van der Waals surface area contributed by atoms with Crippen LogP contribution in [0.4, 0.5) is 0 Å². The third-order valence-electron chi connectivity index (χ3n) is 4.14. The van der Waals surface area contributed by atoms with Gasteiger partial charge in [0, 0.05) is 25.2 Å². The van der Waals surface area contributed by atoms with Crippen LogP contribution >= 0.6 is 23.1 Å². The fraction of sp³-hybridized carbons (Fsp3) is 0.375. The van der Waals surface area contributed by atoms with Crippen molar-refractivity contribution in [2.75, 3.05) is 0 Å². The Hall–Kier alpha value is -1.93. The van der Waals surface area contributed by atoms with E-state index in [1.807, 2.05) is 23.9 Å². The van der Waals surface area contributed by atoms with Gasteiger partial charge in [-0.3, -0.25) is 9.89 Å². The van der Waals surface area contributed by atoms with Crippen LogP contribution in [0.2, 0.25) is 0 Å². The van der Waals surface area contributed by atoms with E-state index in [0.717, 1.165) is 37.5 Å². The van der Waals surface area contributed by atoms with E-state index >= 15 is 0 Å². The Morgan fingerprint density at radius 2 is 2.21 bits per heavy atom. The van der Waals surface area contributed by atoms with Crippen LogP contribution in [0.1, 0.15) is 36.2 Å². The zero-order chi connectivity index (χ0) is 16.9. The molecule has 0 radical (unpaired) electrons. The van der Waals surface area contributed by atoms with Crippen LogP contribution in [-0.4, -0.2) is 30.7 Å². The number of fused-ring (bicyclic) bond motifs is 1. The van der Waals surface area contributed by atoms with Crippen molar-refractivity contribution in [2.24, 2.45) is 12.5 Å². The minimum absolute atomic E-state index is 0.0249. The van der Waals surface area contributed by atoms with E-state index in [0.29, 0.717) is 6.42 Å². The molecule has 1 aliphatic rings. The molecule has 6 nitrogen and oxygen atoms in total. The minimum Gasteiger partial charge on any atom is -0.311 e. The molecule has 0 spiro atoms. The zero-order valence-corrected chi connectivity index (χ0v) is 15.3. The largest absolute Gasteiger partial charge is 0.311 e. The number of H-pyrrole nitrogens is 1. The highest BCUT2D eigenvalue weighted by atomic mass is 32.2. The van der Waals surface area contributed by atoms with Crippen LogP contribution in [0.5, 0.6) is 0 Å². The number of hydrogen-bond acceptors (Lipinski definition) is 6. The zero-order valence-electron chi connectivity index (χ0n) is 13.7. The molecule has 0 amide bonds. The van der Waals surface area contributed by atoms with Crippen molar-refractivity contribution in [1.29, 1.82) is 0 Å². The van der Waals surface area contributed by atoms with E-state index < -0.39 is 0 Å². The summed E-state index contributed by atoms with van der Waals surface area (Å²) in [5.74, 6) is 0.212.